The summed E-state index contributed by atoms with van der Waals surface area (Å²) in [6, 6.07) is 6.92. The minimum atomic E-state index is -0.200. The molecule has 0 radical (unpaired) electrons. The molecule has 4 heteroatoms. The van der Waals surface area contributed by atoms with Crippen molar-refractivity contribution in [3.63, 3.8) is 0 Å². The van der Waals surface area contributed by atoms with E-state index in [4.69, 9.17) is 4.74 Å². The van der Waals surface area contributed by atoms with E-state index in [9.17, 15) is 9.59 Å². The number of hydrogen-bond donors (Lipinski definition) is 0. The van der Waals surface area contributed by atoms with Crippen LogP contribution in [0, 0.1) is 0 Å². The van der Waals surface area contributed by atoms with E-state index in [1.807, 2.05) is 6.92 Å². The fourth-order valence-corrected chi connectivity index (χ4v) is 1.87. The second-order valence-corrected chi connectivity index (χ2v) is 4.14. The molecule has 0 aliphatic carbocycles. The van der Waals surface area contributed by atoms with Gasteiger partial charge in [0.05, 0.1) is 17.2 Å². The van der Waals surface area contributed by atoms with E-state index in [0.29, 0.717) is 24.1 Å². The fraction of sp³-hybridized carbons (Fsp3) is 0.385. The van der Waals surface area contributed by atoms with Gasteiger partial charge in [-0.15, -0.1) is 0 Å². The molecule has 0 fully saturated rings. The van der Waals surface area contributed by atoms with Gasteiger partial charge < -0.3 is 4.74 Å². The molecule has 17 heavy (non-hydrogen) atoms. The van der Waals surface area contributed by atoms with E-state index in [0.717, 1.165) is 0 Å². The molecule has 1 atom stereocenters. The van der Waals surface area contributed by atoms with E-state index in [1.165, 1.54) is 4.90 Å². The van der Waals surface area contributed by atoms with Gasteiger partial charge in [-0.3, -0.25) is 14.5 Å². The van der Waals surface area contributed by atoms with Crippen LogP contribution in [-0.4, -0.2) is 36.5 Å². The van der Waals surface area contributed by atoms with E-state index in [1.54, 1.807) is 31.4 Å². The number of amides is 2. The molecular formula is C13H15NO3. The highest BCUT2D eigenvalue weighted by atomic mass is 16.5. The Morgan fingerprint density at radius 1 is 1.18 bits per heavy atom. The van der Waals surface area contributed by atoms with Crippen LogP contribution in [0.15, 0.2) is 24.3 Å². The van der Waals surface area contributed by atoms with E-state index < -0.39 is 0 Å². The Bertz CT molecular complexity index is 421. The monoisotopic (exact) mass is 233 g/mol. The molecule has 2 rings (SSSR count). The molecule has 0 spiro atoms. The van der Waals surface area contributed by atoms with Gasteiger partial charge in [0.25, 0.3) is 11.8 Å². The predicted octanol–water partition coefficient (Wildman–Crippen LogP) is 1.71. The molecule has 1 unspecified atom stereocenters. The van der Waals surface area contributed by atoms with Crippen molar-refractivity contribution in [2.45, 2.75) is 19.4 Å². The molecular weight excluding hydrogens is 218 g/mol. The highest BCUT2D eigenvalue weighted by Gasteiger charge is 2.34. The first-order chi connectivity index (χ1) is 8.15. The maximum absolute atomic E-state index is 12.0. The Hall–Kier alpha value is -1.68. The van der Waals surface area contributed by atoms with Crippen LogP contribution in [0.5, 0.6) is 0 Å². The van der Waals surface area contributed by atoms with Crippen LogP contribution in [0.1, 0.15) is 34.1 Å². The first-order valence-corrected chi connectivity index (χ1v) is 5.63. The summed E-state index contributed by atoms with van der Waals surface area (Å²) in [4.78, 5) is 25.2. The second kappa shape index (κ2) is 4.67. The highest BCUT2D eigenvalue weighted by molar-refractivity contribution is 6.21. The molecule has 1 aromatic carbocycles. The summed E-state index contributed by atoms with van der Waals surface area (Å²) in [7, 11) is 1.62. The van der Waals surface area contributed by atoms with Crippen molar-refractivity contribution in [1.82, 2.24) is 4.90 Å². The third-order valence-electron chi connectivity index (χ3n) is 3.04. The normalized spacial score (nSPS) is 16.2. The molecule has 0 bridgehead atoms. The Kier molecular flexibility index (Phi) is 3.24. The lowest BCUT2D eigenvalue weighted by Crippen LogP contribution is -2.32. The van der Waals surface area contributed by atoms with Crippen LogP contribution < -0.4 is 0 Å². The number of imide groups is 1. The number of carbonyl (C=O) groups excluding carboxylic acids is 2. The average molecular weight is 233 g/mol. The maximum Gasteiger partial charge on any atom is 0.261 e. The highest BCUT2D eigenvalue weighted by Crippen LogP contribution is 2.22. The number of carbonyl (C=O) groups is 2. The van der Waals surface area contributed by atoms with Crippen molar-refractivity contribution in [1.29, 1.82) is 0 Å². The smallest absolute Gasteiger partial charge is 0.261 e. The zero-order valence-electron chi connectivity index (χ0n) is 9.97. The summed E-state index contributed by atoms with van der Waals surface area (Å²) in [5.41, 5.74) is 1.00. The molecule has 0 aromatic heterocycles. The molecule has 90 valence electrons. The van der Waals surface area contributed by atoms with Crippen molar-refractivity contribution >= 4 is 11.8 Å². The van der Waals surface area contributed by atoms with Crippen LogP contribution in [0.2, 0.25) is 0 Å². The van der Waals surface area contributed by atoms with Crippen LogP contribution in [0.3, 0.4) is 0 Å². The lowest BCUT2D eigenvalue weighted by atomic mass is 10.1. The molecule has 0 saturated carbocycles. The first-order valence-electron chi connectivity index (χ1n) is 5.63. The van der Waals surface area contributed by atoms with E-state index in [2.05, 4.69) is 0 Å². The maximum atomic E-state index is 12.0. The molecule has 1 heterocycles. The van der Waals surface area contributed by atoms with Gasteiger partial charge in [0, 0.05) is 13.7 Å². The topological polar surface area (TPSA) is 46.6 Å². The van der Waals surface area contributed by atoms with Crippen LogP contribution in [-0.2, 0) is 4.74 Å². The van der Waals surface area contributed by atoms with Gasteiger partial charge >= 0.3 is 0 Å². The summed E-state index contributed by atoms with van der Waals surface area (Å²) < 4.78 is 5.11. The minimum absolute atomic E-state index is 0.0410. The summed E-state index contributed by atoms with van der Waals surface area (Å²) in [5.74, 6) is -0.400. The number of rotatable bonds is 4. The molecule has 4 nitrogen and oxygen atoms in total. The van der Waals surface area contributed by atoms with Crippen LogP contribution in [0.25, 0.3) is 0 Å². The molecule has 1 aliphatic rings. The van der Waals surface area contributed by atoms with Crippen molar-refractivity contribution in [2.75, 3.05) is 13.7 Å². The summed E-state index contributed by atoms with van der Waals surface area (Å²) in [6.07, 6.45) is 0.696. The third-order valence-corrected chi connectivity index (χ3v) is 3.04. The third kappa shape index (κ3) is 2.08. The number of nitrogens with zero attached hydrogens (tertiary/aromatic N) is 1. The first kappa shape index (κ1) is 11.8. The number of fused-ring (bicyclic) bond motifs is 1. The minimum Gasteiger partial charge on any atom is -0.382 e. The van der Waals surface area contributed by atoms with Crippen LogP contribution >= 0.6 is 0 Å². The van der Waals surface area contributed by atoms with Gasteiger partial charge in [-0.25, -0.2) is 0 Å². The Morgan fingerprint density at radius 3 is 2.18 bits per heavy atom. The summed E-state index contributed by atoms with van der Waals surface area (Å²) in [6.45, 7) is 2.32. The molecule has 0 saturated heterocycles. The van der Waals surface area contributed by atoms with Gasteiger partial charge in [-0.1, -0.05) is 12.1 Å². The van der Waals surface area contributed by atoms with Gasteiger partial charge in [0.15, 0.2) is 0 Å². The Balaban J connectivity index is 2.13. The van der Waals surface area contributed by atoms with Gasteiger partial charge in [0.2, 0.25) is 0 Å². The fourth-order valence-electron chi connectivity index (χ4n) is 1.87. The molecule has 2 amide bonds. The van der Waals surface area contributed by atoms with Crippen molar-refractivity contribution < 1.29 is 14.3 Å². The Labute approximate surface area is 100 Å². The van der Waals surface area contributed by atoms with Gasteiger partial charge in [0.1, 0.15) is 0 Å². The van der Waals surface area contributed by atoms with E-state index in [-0.39, 0.29) is 17.9 Å². The quantitative estimate of drug-likeness (QED) is 0.744. The molecule has 1 aliphatic heterocycles. The summed E-state index contributed by atoms with van der Waals surface area (Å²) in [5, 5.41) is 0. The predicted molar refractivity (Wildman–Crippen MR) is 62.9 cm³/mol. The number of benzene rings is 1. The summed E-state index contributed by atoms with van der Waals surface area (Å²) >= 11 is 0. The second-order valence-electron chi connectivity index (χ2n) is 4.14. The number of hydrogen-bond acceptors (Lipinski definition) is 3. The number of ether oxygens (including phenoxy) is 1. The average Bonchev–Trinajstić information content (AvgIpc) is 2.60. The van der Waals surface area contributed by atoms with Gasteiger partial charge in [-0.2, -0.15) is 0 Å². The van der Waals surface area contributed by atoms with E-state index >= 15 is 0 Å². The van der Waals surface area contributed by atoms with Crippen molar-refractivity contribution in [2.24, 2.45) is 0 Å². The van der Waals surface area contributed by atoms with Crippen LogP contribution in [0.4, 0.5) is 0 Å². The zero-order chi connectivity index (χ0) is 12.4. The molecule has 1 aromatic rings. The molecule has 0 N–H and O–H groups in total. The largest absolute Gasteiger partial charge is 0.382 e. The standard InChI is InChI=1S/C13H15NO3/c1-9(17-2)7-8-14-12(15)10-5-3-4-6-11(10)13(14)16/h3-6,9H,7-8H2,1-2H3. The zero-order valence-corrected chi connectivity index (χ0v) is 9.97. The van der Waals surface area contributed by atoms with Gasteiger partial charge in [-0.05, 0) is 25.5 Å². The lowest BCUT2D eigenvalue weighted by molar-refractivity contribution is 0.0596. The Morgan fingerprint density at radius 2 is 1.71 bits per heavy atom. The van der Waals surface area contributed by atoms with Crippen molar-refractivity contribution in [3.8, 4) is 0 Å². The van der Waals surface area contributed by atoms with Crippen molar-refractivity contribution in [3.05, 3.63) is 35.4 Å². The SMILES string of the molecule is COC(C)CCN1C(=O)c2ccccc2C1=O. The number of methoxy groups -OCH3 is 1. The lowest BCUT2D eigenvalue weighted by Gasteiger charge is -2.16.